The molecule has 11 heavy (non-hydrogen) atoms. The predicted molar refractivity (Wildman–Crippen MR) is 44.7 cm³/mol. The van der Waals surface area contributed by atoms with Gasteiger partial charge in [0.25, 0.3) is 0 Å². The van der Waals surface area contributed by atoms with Crippen molar-refractivity contribution in [2.45, 2.75) is 38.5 Å². The number of rotatable bonds is 0. The van der Waals surface area contributed by atoms with E-state index in [1.165, 1.54) is 36.1 Å². The summed E-state index contributed by atoms with van der Waals surface area (Å²) in [6.45, 7) is 0.756. The Bertz CT molecular complexity index is 186. The molecule has 0 amide bonds. The van der Waals surface area contributed by atoms with E-state index >= 15 is 0 Å². The summed E-state index contributed by atoms with van der Waals surface area (Å²) in [5.41, 5.74) is 1.21. The Hall–Kier alpha value is -0.530. The van der Waals surface area contributed by atoms with Gasteiger partial charge in [-0.05, 0) is 19.3 Å². The smallest absolute Gasteiger partial charge is 0.166 e. The minimum atomic E-state index is 0.662. The molecule has 0 bridgehead atoms. The van der Waals surface area contributed by atoms with Gasteiger partial charge in [-0.15, -0.1) is 0 Å². The average molecular weight is 153 g/mol. The lowest BCUT2D eigenvalue weighted by Gasteiger charge is -2.27. The van der Waals surface area contributed by atoms with Gasteiger partial charge in [0.1, 0.15) is 0 Å². The summed E-state index contributed by atoms with van der Waals surface area (Å²) in [5.74, 6) is 0.662. The topological polar surface area (TPSA) is 26.1 Å². The molecule has 1 unspecified atom stereocenters. The first kappa shape index (κ1) is 7.14. The average Bonchev–Trinajstić information content (AvgIpc) is 2.06. The summed E-state index contributed by atoms with van der Waals surface area (Å²) in [5, 5.41) is 11.3. The quantitative estimate of drug-likeness (QED) is 0.385. The Morgan fingerprint density at radius 3 is 2.82 bits per heavy atom. The van der Waals surface area contributed by atoms with Crippen molar-refractivity contribution in [3.05, 3.63) is 5.21 Å². The van der Waals surface area contributed by atoms with Crippen LogP contribution in [0.4, 0.5) is 0 Å². The van der Waals surface area contributed by atoms with Gasteiger partial charge in [-0.2, -0.15) is 0 Å². The lowest BCUT2D eigenvalue weighted by molar-refractivity contribution is -0.468. The first-order valence-electron chi connectivity index (χ1n) is 4.68. The molecule has 2 aliphatic rings. The SMILES string of the molecule is [O-][N+]1=C2CCCCC2CCC1. The highest BCUT2D eigenvalue weighted by Crippen LogP contribution is 2.27. The van der Waals surface area contributed by atoms with Crippen LogP contribution in [0.5, 0.6) is 0 Å². The van der Waals surface area contributed by atoms with Crippen LogP contribution in [-0.2, 0) is 0 Å². The van der Waals surface area contributed by atoms with E-state index in [4.69, 9.17) is 0 Å². The first-order chi connectivity index (χ1) is 5.38. The first-order valence-corrected chi connectivity index (χ1v) is 4.68. The third-order valence-electron chi connectivity index (χ3n) is 2.94. The molecule has 2 nitrogen and oxygen atoms in total. The Morgan fingerprint density at radius 1 is 1.18 bits per heavy atom. The molecule has 0 saturated heterocycles. The Balaban J connectivity index is 2.19. The second-order valence-electron chi connectivity index (χ2n) is 3.68. The molecule has 1 aliphatic carbocycles. The van der Waals surface area contributed by atoms with Crippen LogP contribution < -0.4 is 0 Å². The van der Waals surface area contributed by atoms with E-state index in [1.54, 1.807) is 0 Å². The second-order valence-corrected chi connectivity index (χ2v) is 3.68. The van der Waals surface area contributed by atoms with Gasteiger partial charge in [0.15, 0.2) is 12.3 Å². The van der Waals surface area contributed by atoms with Crippen molar-refractivity contribution in [2.75, 3.05) is 6.54 Å². The van der Waals surface area contributed by atoms with Crippen LogP contribution in [0.1, 0.15) is 38.5 Å². The highest BCUT2D eigenvalue weighted by molar-refractivity contribution is 5.83. The summed E-state index contributed by atoms with van der Waals surface area (Å²) in [6, 6.07) is 0. The molecule has 1 fully saturated rings. The summed E-state index contributed by atoms with van der Waals surface area (Å²) in [7, 11) is 0. The van der Waals surface area contributed by atoms with Crippen LogP contribution in [-0.4, -0.2) is 17.0 Å². The maximum absolute atomic E-state index is 11.3. The van der Waals surface area contributed by atoms with Crippen LogP contribution >= 0.6 is 0 Å². The summed E-state index contributed by atoms with van der Waals surface area (Å²) in [6.07, 6.45) is 7.31. The van der Waals surface area contributed by atoms with Crippen molar-refractivity contribution in [1.82, 2.24) is 0 Å². The molecule has 0 radical (unpaired) electrons. The molecule has 1 saturated carbocycles. The Morgan fingerprint density at radius 2 is 2.00 bits per heavy atom. The number of hydrogen-bond acceptors (Lipinski definition) is 1. The zero-order valence-electron chi connectivity index (χ0n) is 6.88. The molecule has 1 atom stereocenters. The largest absolute Gasteiger partial charge is 0.624 e. The number of hydrogen-bond donors (Lipinski definition) is 0. The van der Waals surface area contributed by atoms with E-state index in [1.807, 2.05) is 0 Å². The summed E-state index contributed by atoms with van der Waals surface area (Å²) >= 11 is 0. The van der Waals surface area contributed by atoms with Gasteiger partial charge in [-0.3, -0.25) is 0 Å². The number of fused-ring (bicyclic) bond motifs is 1. The van der Waals surface area contributed by atoms with E-state index < -0.39 is 0 Å². The number of hydroxylamine groups is 1. The molecule has 62 valence electrons. The molecule has 1 aliphatic heterocycles. The van der Waals surface area contributed by atoms with Crippen molar-refractivity contribution < 1.29 is 4.74 Å². The standard InChI is InChI=1S/C9H15NO/c11-10-7-3-5-8-4-1-2-6-9(8)10/h8H,1-7H2. The summed E-state index contributed by atoms with van der Waals surface area (Å²) in [4.78, 5) is 0. The fourth-order valence-electron chi connectivity index (χ4n) is 2.33. The molecule has 1 heterocycles. The minimum absolute atomic E-state index is 0.662. The van der Waals surface area contributed by atoms with E-state index in [0.717, 1.165) is 19.4 Å². The maximum atomic E-state index is 11.3. The third kappa shape index (κ3) is 1.26. The van der Waals surface area contributed by atoms with E-state index in [2.05, 4.69) is 0 Å². The minimum Gasteiger partial charge on any atom is -0.624 e. The lowest BCUT2D eigenvalue weighted by atomic mass is 9.82. The van der Waals surface area contributed by atoms with Gasteiger partial charge >= 0.3 is 0 Å². The third-order valence-corrected chi connectivity index (χ3v) is 2.94. The summed E-state index contributed by atoms with van der Waals surface area (Å²) < 4.78 is 1.26. The van der Waals surface area contributed by atoms with Crippen molar-refractivity contribution in [3.8, 4) is 0 Å². The van der Waals surface area contributed by atoms with E-state index in [9.17, 15) is 5.21 Å². The molecule has 2 rings (SSSR count). The zero-order valence-corrected chi connectivity index (χ0v) is 6.88. The lowest BCUT2D eigenvalue weighted by Crippen LogP contribution is -2.32. The fourth-order valence-corrected chi connectivity index (χ4v) is 2.33. The molecule has 0 aromatic heterocycles. The molecule has 0 N–H and O–H groups in total. The van der Waals surface area contributed by atoms with Crippen LogP contribution in [0.25, 0.3) is 0 Å². The van der Waals surface area contributed by atoms with Crippen molar-refractivity contribution in [1.29, 1.82) is 0 Å². The molecular weight excluding hydrogens is 138 g/mol. The molecular formula is C9H15NO. The number of nitrogens with zero attached hydrogens (tertiary/aromatic N) is 1. The Kier molecular flexibility index (Phi) is 1.84. The Labute approximate surface area is 67.5 Å². The van der Waals surface area contributed by atoms with Crippen molar-refractivity contribution >= 4 is 5.71 Å². The van der Waals surface area contributed by atoms with Gasteiger partial charge in [-0.25, -0.2) is 4.74 Å². The van der Waals surface area contributed by atoms with Crippen LogP contribution in [0, 0.1) is 11.1 Å². The van der Waals surface area contributed by atoms with Gasteiger partial charge in [0, 0.05) is 18.8 Å². The van der Waals surface area contributed by atoms with Gasteiger partial charge in [-0.1, -0.05) is 6.42 Å². The second kappa shape index (κ2) is 2.84. The predicted octanol–water partition coefficient (Wildman–Crippen LogP) is 1.92. The molecule has 0 spiro atoms. The van der Waals surface area contributed by atoms with Gasteiger partial charge < -0.3 is 5.21 Å². The molecule has 0 aromatic rings. The van der Waals surface area contributed by atoms with Crippen LogP contribution in [0.2, 0.25) is 0 Å². The zero-order chi connectivity index (χ0) is 7.68. The normalized spacial score (nSPS) is 31.8. The van der Waals surface area contributed by atoms with Gasteiger partial charge in [0.2, 0.25) is 0 Å². The highest BCUT2D eigenvalue weighted by Gasteiger charge is 2.29. The monoisotopic (exact) mass is 153 g/mol. The van der Waals surface area contributed by atoms with Crippen molar-refractivity contribution in [3.63, 3.8) is 0 Å². The van der Waals surface area contributed by atoms with Crippen LogP contribution in [0.15, 0.2) is 0 Å². The van der Waals surface area contributed by atoms with E-state index in [0.29, 0.717) is 5.92 Å². The van der Waals surface area contributed by atoms with Crippen LogP contribution in [0.3, 0.4) is 0 Å². The molecule has 2 heteroatoms. The van der Waals surface area contributed by atoms with Gasteiger partial charge in [0.05, 0.1) is 0 Å². The fraction of sp³-hybridized carbons (Fsp3) is 0.889. The van der Waals surface area contributed by atoms with E-state index in [-0.39, 0.29) is 0 Å². The highest BCUT2D eigenvalue weighted by atomic mass is 16.5. The van der Waals surface area contributed by atoms with Crippen molar-refractivity contribution in [2.24, 2.45) is 5.92 Å². The maximum Gasteiger partial charge on any atom is 0.166 e. The molecule has 0 aromatic carbocycles.